The minimum atomic E-state index is -2.75. The third kappa shape index (κ3) is 2.85. The highest BCUT2D eigenvalue weighted by Crippen LogP contribution is 2.38. The maximum Gasteiger partial charge on any atom is 0.257 e. The molecule has 1 atom stereocenters. The molecule has 0 saturated heterocycles. The molecule has 0 aromatic carbocycles. The fourth-order valence-corrected chi connectivity index (χ4v) is 3.94. The summed E-state index contributed by atoms with van der Waals surface area (Å²) in [6.45, 7) is 3.45. The van der Waals surface area contributed by atoms with E-state index < -0.39 is 48.5 Å². The molecule has 9 heteroatoms. The molecule has 0 radical (unpaired) electrons. The van der Waals surface area contributed by atoms with Crippen LogP contribution in [0.25, 0.3) is 11.0 Å². The minimum absolute atomic E-state index is 0.0777. The molecule has 2 amide bonds. The number of aromatic amines is 1. The Hall–Kier alpha value is -2.58. The summed E-state index contributed by atoms with van der Waals surface area (Å²) in [4.78, 5) is 33.8. The molecule has 2 aromatic rings. The van der Waals surface area contributed by atoms with Gasteiger partial charge in [-0.05, 0) is 5.92 Å². The molecule has 2 aliphatic rings. The number of carbonyl (C=O) groups is 2. The Morgan fingerprint density at radius 3 is 2.74 bits per heavy atom. The molecule has 0 unspecified atom stereocenters. The molecule has 1 aliphatic heterocycles. The van der Waals surface area contributed by atoms with Crippen molar-refractivity contribution < 1.29 is 22.8 Å². The van der Waals surface area contributed by atoms with Crippen LogP contribution in [0.1, 0.15) is 42.6 Å². The van der Waals surface area contributed by atoms with Crippen molar-refractivity contribution >= 4 is 22.8 Å². The first kappa shape index (κ1) is 17.8. The monoisotopic (exact) mass is 380 g/mol. The number of aromatic nitrogens is 2. The van der Waals surface area contributed by atoms with Crippen LogP contribution in [0.15, 0.2) is 12.4 Å². The van der Waals surface area contributed by atoms with Crippen LogP contribution in [0, 0.1) is 11.7 Å². The summed E-state index contributed by atoms with van der Waals surface area (Å²) in [5.74, 6) is -4.49. The van der Waals surface area contributed by atoms with Gasteiger partial charge in [0.25, 0.3) is 11.8 Å². The summed E-state index contributed by atoms with van der Waals surface area (Å²) in [6.07, 6.45) is 1.72. The number of amides is 2. The number of H-pyrrole nitrogens is 1. The van der Waals surface area contributed by atoms with E-state index in [4.69, 9.17) is 0 Å². The standard InChI is InChI=1S/C18H19F3N4O2/c1-8(2)14(16(26)24-9-3-18(20,21)4-9)25-7-11-12(19)6-23-15-13(11)10(5-22-15)17(25)27/h5-6,8-9,14H,3-4,7H2,1-2H3,(H,22,23)(H,24,26)/t14-/m1/s1. The first-order chi connectivity index (χ1) is 12.7. The Kier molecular flexibility index (Phi) is 3.94. The lowest BCUT2D eigenvalue weighted by molar-refractivity contribution is -0.134. The Balaban J connectivity index is 1.63. The Bertz CT molecular complexity index is 932. The number of pyridine rings is 1. The van der Waals surface area contributed by atoms with Crippen molar-refractivity contribution in [2.45, 2.75) is 51.2 Å². The molecule has 1 aliphatic carbocycles. The fraction of sp³-hybridized carbons (Fsp3) is 0.500. The van der Waals surface area contributed by atoms with Crippen LogP contribution >= 0.6 is 0 Å². The molecular weight excluding hydrogens is 361 g/mol. The number of nitrogens with one attached hydrogen (secondary N) is 2. The SMILES string of the molecule is CC(C)[C@H](C(=O)NC1CC(F)(F)C1)N1Cc2c(F)cnc3[nH]cc(c23)C1=O. The predicted molar refractivity (Wildman–Crippen MR) is 90.7 cm³/mol. The molecule has 1 saturated carbocycles. The second-order valence-corrected chi connectivity index (χ2v) is 7.60. The van der Waals surface area contributed by atoms with Crippen molar-refractivity contribution in [2.24, 2.45) is 5.92 Å². The molecular formula is C18H19F3N4O2. The highest BCUT2D eigenvalue weighted by molar-refractivity contribution is 6.10. The van der Waals surface area contributed by atoms with E-state index in [1.54, 1.807) is 13.8 Å². The number of rotatable bonds is 4. The van der Waals surface area contributed by atoms with Crippen LogP contribution in [-0.4, -0.2) is 44.7 Å². The largest absolute Gasteiger partial charge is 0.351 e. The van der Waals surface area contributed by atoms with E-state index in [0.29, 0.717) is 16.6 Å². The first-order valence-electron chi connectivity index (χ1n) is 8.81. The minimum Gasteiger partial charge on any atom is -0.351 e. The molecule has 144 valence electrons. The summed E-state index contributed by atoms with van der Waals surface area (Å²) < 4.78 is 40.4. The highest BCUT2D eigenvalue weighted by Gasteiger charge is 2.47. The summed E-state index contributed by atoms with van der Waals surface area (Å²) in [5, 5.41) is 3.03. The number of carbonyl (C=O) groups excluding carboxylic acids is 2. The van der Waals surface area contributed by atoms with E-state index in [0.717, 1.165) is 6.20 Å². The van der Waals surface area contributed by atoms with Crippen molar-refractivity contribution in [1.29, 1.82) is 0 Å². The number of hydrogen-bond donors (Lipinski definition) is 2. The van der Waals surface area contributed by atoms with Gasteiger partial charge in [0, 0.05) is 36.0 Å². The number of nitrogens with zero attached hydrogens (tertiary/aromatic N) is 2. The van der Waals surface area contributed by atoms with Crippen LogP contribution in [0.2, 0.25) is 0 Å². The maximum absolute atomic E-state index is 14.3. The Morgan fingerprint density at radius 1 is 1.41 bits per heavy atom. The van der Waals surface area contributed by atoms with Crippen LogP contribution in [0.3, 0.4) is 0 Å². The number of hydrogen-bond acceptors (Lipinski definition) is 3. The van der Waals surface area contributed by atoms with Crippen molar-refractivity contribution in [3.05, 3.63) is 29.3 Å². The molecule has 27 heavy (non-hydrogen) atoms. The fourth-order valence-electron chi connectivity index (χ4n) is 3.94. The van der Waals surface area contributed by atoms with Crippen LogP contribution in [0.4, 0.5) is 13.2 Å². The smallest absolute Gasteiger partial charge is 0.257 e. The second kappa shape index (κ2) is 5.97. The van der Waals surface area contributed by atoms with Gasteiger partial charge in [-0.25, -0.2) is 18.2 Å². The zero-order valence-corrected chi connectivity index (χ0v) is 14.9. The average molecular weight is 380 g/mol. The van der Waals surface area contributed by atoms with Gasteiger partial charge in [0.1, 0.15) is 17.5 Å². The lowest BCUT2D eigenvalue weighted by atomic mass is 9.87. The molecule has 0 spiro atoms. The molecule has 1 fully saturated rings. The van der Waals surface area contributed by atoms with Crippen LogP contribution in [0.5, 0.6) is 0 Å². The summed E-state index contributed by atoms with van der Waals surface area (Å²) in [6, 6.07) is -1.50. The molecule has 3 heterocycles. The van der Waals surface area contributed by atoms with Crippen molar-refractivity contribution in [1.82, 2.24) is 20.2 Å². The van der Waals surface area contributed by atoms with Crippen molar-refractivity contribution in [2.75, 3.05) is 0 Å². The van der Waals surface area contributed by atoms with E-state index in [2.05, 4.69) is 15.3 Å². The summed E-state index contributed by atoms with van der Waals surface area (Å²) in [7, 11) is 0. The summed E-state index contributed by atoms with van der Waals surface area (Å²) >= 11 is 0. The zero-order chi connectivity index (χ0) is 19.5. The predicted octanol–water partition coefficient (Wildman–Crippen LogP) is 2.60. The van der Waals surface area contributed by atoms with Gasteiger partial charge in [0.2, 0.25) is 5.91 Å². The van der Waals surface area contributed by atoms with Gasteiger partial charge in [-0.2, -0.15) is 0 Å². The van der Waals surface area contributed by atoms with Crippen LogP contribution < -0.4 is 5.32 Å². The molecule has 4 rings (SSSR count). The molecule has 2 aromatic heterocycles. The number of alkyl halides is 2. The molecule has 2 N–H and O–H groups in total. The zero-order valence-electron chi connectivity index (χ0n) is 14.9. The van der Waals surface area contributed by atoms with Gasteiger partial charge in [-0.15, -0.1) is 0 Å². The second-order valence-electron chi connectivity index (χ2n) is 7.60. The van der Waals surface area contributed by atoms with Gasteiger partial charge >= 0.3 is 0 Å². The lowest BCUT2D eigenvalue weighted by Gasteiger charge is -2.39. The third-order valence-electron chi connectivity index (χ3n) is 5.25. The molecule has 6 nitrogen and oxygen atoms in total. The van der Waals surface area contributed by atoms with E-state index in [1.165, 1.54) is 11.1 Å². The van der Waals surface area contributed by atoms with Gasteiger partial charge in [-0.3, -0.25) is 9.59 Å². The van der Waals surface area contributed by atoms with Gasteiger partial charge < -0.3 is 15.2 Å². The normalized spacial score (nSPS) is 20.1. The third-order valence-corrected chi connectivity index (χ3v) is 5.25. The van der Waals surface area contributed by atoms with Gasteiger partial charge in [0.15, 0.2) is 0 Å². The van der Waals surface area contributed by atoms with Crippen molar-refractivity contribution in [3.63, 3.8) is 0 Å². The van der Waals surface area contributed by atoms with Crippen LogP contribution in [-0.2, 0) is 11.3 Å². The van der Waals surface area contributed by atoms with Gasteiger partial charge in [-0.1, -0.05) is 13.8 Å². The lowest BCUT2D eigenvalue weighted by Crippen LogP contribution is -2.58. The average Bonchev–Trinajstić information content (AvgIpc) is 2.97. The van der Waals surface area contributed by atoms with Crippen molar-refractivity contribution in [3.8, 4) is 0 Å². The highest BCUT2D eigenvalue weighted by atomic mass is 19.3. The number of halogens is 3. The topological polar surface area (TPSA) is 78.1 Å². The molecule has 0 bridgehead atoms. The van der Waals surface area contributed by atoms with E-state index in [1.807, 2.05) is 0 Å². The van der Waals surface area contributed by atoms with E-state index >= 15 is 0 Å². The first-order valence-corrected chi connectivity index (χ1v) is 8.81. The maximum atomic E-state index is 14.3. The Labute approximate surface area is 153 Å². The van der Waals surface area contributed by atoms with Gasteiger partial charge in [0.05, 0.1) is 18.3 Å². The van der Waals surface area contributed by atoms with E-state index in [9.17, 15) is 22.8 Å². The quantitative estimate of drug-likeness (QED) is 0.856. The summed E-state index contributed by atoms with van der Waals surface area (Å²) in [5.41, 5.74) is 0.966. The Morgan fingerprint density at radius 2 is 2.11 bits per heavy atom. The van der Waals surface area contributed by atoms with E-state index in [-0.39, 0.29) is 18.0 Å².